The van der Waals surface area contributed by atoms with E-state index in [4.69, 9.17) is 5.73 Å². The van der Waals surface area contributed by atoms with Crippen LogP contribution in [0.25, 0.3) is 11.4 Å². The Morgan fingerprint density at radius 3 is 2.82 bits per heavy atom. The van der Waals surface area contributed by atoms with E-state index in [9.17, 15) is 0 Å². The molecule has 0 fully saturated rings. The second kappa shape index (κ2) is 3.91. The summed E-state index contributed by atoms with van der Waals surface area (Å²) in [5.41, 5.74) is 9.03. The number of fused-ring (bicyclic) bond motifs is 1. The topological polar surface area (TPSA) is 43.8 Å². The molecule has 2 heterocycles. The fourth-order valence-electron chi connectivity index (χ4n) is 2.63. The Morgan fingerprint density at radius 2 is 2.06 bits per heavy atom. The van der Waals surface area contributed by atoms with Crippen molar-refractivity contribution in [1.29, 1.82) is 0 Å². The highest BCUT2D eigenvalue weighted by atomic mass is 15.1. The van der Waals surface area contributed by atoms with Crippen LogP contribution in [0.4, 0.5) is 5.69 Å². The van der Waals surface area contributed by atoms with E-state index in [2.05, 4.69) is 16.5 Å². The number of nitrogens with two attached hydrogens (primary N) is 1. The summed E-state index contributed by atoms with van der Waals surface area (Å²) in [7, 11) is 0. The minimum atomic E-state index is 0.550. The summed E-state index contributed by atoms with van der Waals surface area (Å²) < 4.78 is 2.37. The average Bonchev–Trinajstić information content (AvgIpc) is 2.75. The molecule has 0 radical (unpaired) electrons. The predicted octanol–water partition coefficient (Wildman–Crippen LogP) is 3.03. The molecule has 2 N–H and O–H groups in total. The predicted molar refractivity (Wildman–Crippen MR) is 69.7 cm³/mol. The molecule has 17 heavy (non-hydrogen) atoms. The Hall–Kier alpha value is -1.77. The van der Waals surface area contributed by atoms with E-state index < -0.39 is 0 Å². The van der Waals surface area contributed by atoms with Crippen LogP contribution >= 0.6 is 0 Å². The summed E-state index contributed by atoms with van der Waals surface area (Å²) in [5.74, 6) is 1.08. The van der Waals surface area contributed by atoms with Crippen molar-refractivity contribution in [2.75, 3.05) is 5.73 Å². The van der Waals surface area contributed by atoms with Gasteiger partial charge in [-0.2, -0.15) is 0 Å². The Balaban J connectivity index is 2.09. The largest absolute Gasteiger partial charge is 0.399 e. The van der Waals surface area contributed by atoms with Crippen molar-refractivity contribution >= 4 is 5.69 Å². The van der Waals surface area contributed by atoms with E-state index in [0.717, 1.165) is 23.5 Å². The van der Waals surface area contributed by atoms with Crippen LogP contribution in [0.3, 0.4) is 0 Å². The summed E-state index contributed by atoms with van der Waals surface area (Å²) >= 11 is 0. The lowest BCUT2D eigenvalue weighted by Crippen LogP contribution is -2.15. The van der Waals surface area contributed by atoms with E-state index in [1.54, 1.807) is 0 Å². The highest BCUT2D eigenvalue weighted by Crippen LogP contribution is 2.31. The second-order valence-corrected chi connectivity index (χ2v) is 4.81. The fraction of sp³-hybridized carbons (Fsp3) is 0.357. The van der Waals surface area contributed by atoms with E-state index >= 15 is 0 Å². The number of nitrogens with zero attached hydrogens (tertiary/aromatic N) is 2. The molecule has 1 aliphatic heterocycles. The van der Waals surface area contributed by atoms with E-state index in [1.807, 2.05) is 30.5 Å². The Bertz CT molecular complexity index is 525. The Kier molecular flexibility index (Phi) is 2.39. The third-order valence-electron chi connectivity index (χ3n) is 3.54. The van der Waals surface area contributed by atoms with Gasteiger partial charge in [0.15, 0.2) is 0 Å². The van der Waals surface area contributed by atoms with Crippen LogP contribution in [0, 0.1) is 0 Å². The van der Waals surface area contributed by atoms with Crippen LogP contribution < -0.4 is 5.73 Å². The molecule has 88 valence electrons. The number of nitrogen functional groups attached to an aromatic ring is 1. The first-order valence-electron chi connectivity index (χ1n) is 6.18. The van der Waals surface area contributed by atoms with Crippen molar-refractivity contribution in [3.05, 3.63) is 36.2 Å². The van der Waals surface area contributed by atoms with Gasteiger partial charge in [-0.05, 0) is 50.5 Å². The molecule has 0 spiro atoms. The highest BCUT2D eigenvalue weighted by Gasteiger charge is 2.20. The molecule has 3 nitrogen and oxygen atoms in total. The molecule has 0 amide bonds. The van der Waals surface area contributed by atoms with Crippen molar-refractivity contribution in [2.24, 2.45) is 0 Å². The normalized spacial score (nSPS) is 19.0. The maximum absolute atomic E-state index is 5.72. The number of rotatable bonds is 1. The Morgan fingerprint density at radius 1 is 1.29 bits per heavy atom. The Labute approximate surface area is 101 Å². The van der Waals surface area contributed by atoms with Crippen LogP contribution in [-0.4, -0.2) is 9.55 Å². The van der Waals surface area contributed by atoms with Gasteiger partial charge in [-0.3, -0.25) is 0 Å². The molecule has 1 unspecified atom stereocenters. The lowest BCUT2D eigenvalue weighted by Gasteiger charge is -2.24. The maximum Gasteiger partial charge on any atom is 0.140 e. The molecule has 0 bridgehead atoms. The first-order chi connectivity index (χ1) is 8.25. The number of anilines is 1. The lowest BCUT2D eigenvalue weighted by molar-refractivity contribution is 0.436. The molecule has 2 aromatic rings. The molecule has 0 aliphatic carbocycles. The van der Waals surface area contributed by atoms with Crippen LogP contribution in [-0.2, 0) is 6.42 Å². The first kappa shape index (κ1) is 10.4. The molecule has 1 atom stereocenters. The zero-order valence-corrected chi connectivity index (χ0v) is 10.1. The number of imidazole rings is 1. The lowest BCUT2D eigenvalue weighted by atomic mass is 10.0. The molecule has 1 aliphatic rings. The van der Waals surface area contributed by atoms with Crippen molar-refractivity contribution in [3.8, 4) is 11.4 Å². The van der Waals surface area contributed by atoms with E-state index in [0.29, 0.717) is 6.04 Å². The number of aryl methyl sites for hydroxylation is 1. The van der Waals surface area contributed by atoms with Crippen molar-refractivity contribution in [3.63, 3.8) is 0 Å². The number of hydrogen-bond acceptors (Lipinski definition) is 2. The molecule has 1 aromatic heterocycles. The van der Waals surface area contributed by atoms with Gasteiger partial charge < -0.3 is 10.3 Å². The summed E-state index contributed by atoms with van der Waals surface area (Å²) in [6.45, 7) is 2.27. The molecule has 1 aromatic carbocycles. The van der Waals surface area contributed by atoms with Crippen LogP contribution in [0.2, 0.25) is 0 Å². The van der Waals surface area contributed by atoms with Gasteiger partial charge in [0.05, 0.1) is 0 Å². The maximum atomic E-state index is 5.72. The third kappa shape index (κ3) is 1.71. The highest BCUT2D eigenvalue weighted by molar-refractivity contribution is 5.59. The van der Waals surface area contributed by atoms with Gasteiger partial charge in [-0.1, -0.05) is 0 Å². The standard InChI is InChI=1S/C14H17N3/c1-10-3-2-4-13-9-16-14(17(10)13)11-5-7-12(15)8-6-11/h5-10H,2-4,15H2,1H3. The van der Waals surface area contributed by atoms with Gasteiger partial charge in [-0.15, -0.1) is 0 Å². The molecular formula is C14H17N3. The van der Waals surface area contributed by atoms with E-state index in [1.165, 1.54) is 18.5 Å². The molecule has 3 heteroatoms. The van der Waals surface area contributed by atoms with Crippen molar-refractivity contribution < 1.29 is 0 Å². The number of benzene rings is 1. The van der Waals surface area contributed by atoms with Gasteiger partial charge in [0.25, 0.3) is 0 Å². The minimum absolute atomic E-state index is 0.550. The second-order valence-electron chi connectivity index (χ2n) is 4.81. The van der Waals surface area contributed by atoms with Gasteiger partial charge >= 0.3 is 0 Å². The number of hydrogen-bond donors (Lipinski definition) is 1. The average molecular weight is 227 g/mol. The molecule has 3 rings (SSSR count). The van der Waals surface area contributed by atoms with Crippen LogP contribution in [0.15, 0.2) is 30.5 Å². The zero-order chi connectivity index (χ0) is 11.8. The summed E-state index contributed by atoms with van der Waals surface area (Å²) in [5, 5.41) is 0. The minimum Gasteiger partial charge on any atom is -0.399 e. The summed E-state index contributed by atoms with van der Waals surface area (Å²) in [6, 6.07) is 8.52. The van der Waals surface area contributed by atoms with Gasteiger partial charge in [0.2, 0.25) is 0 Å². The zero-order valence-electron chi connectivity index (χ0n) is 10.1. The fourth-order valence-corrected chi connectivity index (χ4v) is 2.63. The summed E-state index contributed by atoms with van der Waals surface area (Å²) in [6.07, 6.45) is 5.67. The van der Waals surface area contributed by atoms with Gasteiger partial charge in [-0.25, -0.2) is 4.98 Å². The summed E-state index contributed by atoms with van der Waals surface area (Å²) in [4.78, 5) is 4.57. The quantitative estimate of drug-likeness (QED) is 0.761. The molecule has 0 saturated heterocycles. The van der Waals surface area contributed by atoms with Crippen molar-refractivity contribution in [2.45, 2.75) is 32.2 Å². The molecular weight excluding hydrogens is 210 g/mol. The van der Waals surface area contributed by atoms with Gasteiger partial charge in [0.1, 0.15) is 5.82 Å². The smallest absolute Gasteiger partial charge is 0.140 e. The van der Waals surface area contributed by atoms with Gasteiger partial charge in [0, 0.05) is 29.2 Å². The number of aromatic nitrogens is 2. The van der Waals surface area contributed by atoms with Crippen LogP contribution in [0.5, 0.6) is 0 Å². The van der Waals surface area contributed by atoms with Crippen molar-refractivity contribution in [1.82, 2.24) is 9.55 Å². The van der Waals surface area contributed by atoms with Crippen LogP contribution in [0.1, 0.15) is 31.5 Å². The van der Waals surface area contributed by atoms with E-state index in [-0.39, 0.29) is 0 Å². The SMILES string of the molecule is CC1CCCc2cnc(-c3ccc(N)cc3)n21. The third-order valence-corrected chi connectivity index (χ3v) is 3.54. The molecule has 0 saturated carbocycles. The monoisotopic (exact) mass is 227 g/mol. The first-order valence-corrected chi connectivity index (χ1v) is 6.18.